The number of carbonyl (C=O) groups is 1. The van der Waals surface area contributed by atoms with Crippen molar-refractivity contribution in [3.8, 4) is 5.75 Å². The highest BCUT2D eigenvalue weighted by molar-refractivity contribution is 5.78. The van der Waals surface area contributed by atoms with Gasteiger partial charge in [-0.3, -0.25) is 9.69 Å². The van der Waals surface area contributed by atoms with Gasteiger partial charge in [0.2, 0.25) is 5.91 Å². The maximum absolute atomic E-state index is 12.7. The molecule has 0 radical (unpaired) electrons. The van der Waals surface area contributed by atoms with Crippen LogP contribution < -0.4 is 10.1 Å². The molecular weight excluding hydrogens is 336 g/mol. The number of ether oxygens (including phenoxy) is 1. The Balaban J connectivity index is 1.43. The number of hydrogen-bond donors (Lipinski definition) is 1. The third-order valence-corrected chi connectivity index (χ3v) is 5.75. The van der Waals surface area contributed by atoms with Crippen molar-refractivity contribution in [1.29, 1.82) is 0 Å². The maximum Gasteiger partial charge on any atom is 0.234 e. The van der Waals surface area contributed by atoms with Crippen molar-refractivity contribution in [2.75, 3.05) is 13.7 Å². The van der Waals surface area contributed by atoms with Crippen molar-refractivity contribution >= 4 is 5.91 Å². The molecule has 0 bridgehead atoms. The fraction of sp³-hybridized carbons (Fsp3) is 0.435. The molecule has 2 aromatic carbocycles. The second-order valence-electron chi connectivity index (χ2n) is 7.60. The van der Waals surface area contributed by atoms with E-state index in [1.54, 1.807) is 7.11 Å². The van der Waals surface area contributed by atoms with Gasteiger partial charge in [-0.2, -0.15) is 0 Å². The van der Waals surface area contributed by atoms with Gasteiger partial charge >= 0.3 is 0 Å². The van der Waals surface area contributed by atoms with Crippen LogP contribution in [-0.2, 0) is 17.8 Å². The predicted molar refractivity (Wildman–Crippen MR) is 107 cm³/mol. The number of carbonyl (C=O) groups excluding carboxylic acids is 1. The summed E-state index contributed by atoms with van der Waals surface area (Å²) in [6, 6.07) is 17.5. The second-order valence-corrected chi connectivity index (χ2v) is 7.60. The molecule has 1 fully saturated rings. The van der Waals surface area contributed by atoms with E-state index in [1.807, 2.05) is 24.3 Å². The first-order chi connectivity index (χ1) is 13.3. The number of methoxy groups -OCH3 is 1. The quantitative estimate of drug-likeness (QED) is 0.811. The standard InChI is InChI=1S/C23H28N2O2/c1-27-22-12-5-3-8-18(22)15-24-23(26)16-25(19-13-14-19)21-11-6-9-17-7-2-4-10-20(17)21/h2-5,7-8,10,12,19,21H,6,9,11,13-16H2,1H3,(H,24,26). The molecule has 1 atom stereocenters. The molecule has 4 heteroatoms. The van der Waals surface area contributed by atoms with Gasteiger partial charge in [0.05, 0.1) is 13.7 Å². The third-order valence-electron chi connectivity index (χ3n) is 5.75. The topological polar surface area (TPSA) is 41.6 Å². The van der Waals surface area contributed by atoms with Crippen molar-refractivity contribution < 1.29 is 9.53 Å². The summed E-state index contributed by atoms with van der Waals surface area (Å²) >= 11 is 0. The molecule has 4 nitrogen and oxygen atoms in total. The first-order valence-electron chi connectivity index (χ1n) is 9.98. The van der Waals surface area contributed by atoms with Crippen LogP contribution in [0.5, 0.6) is 5.75 Å². The van der Waals surface area contributed by atoms with Gasteiger partial charge < -0.3 is 10.1 Å². The van der Waals surface area contributed by atoms with Crippen LogP contribution in [0.1, 0.15) is 48.4 Å². The Hall–Kier alpha value is -2.33. The second kappa shape index (κ2) is 8.13. The molecule has 0 saturated heterocycles. The van der Waals surface area contributed by atoms with Crippen LogP contribution in [0.15, 0.2) is 48.5 Å². The summed E-state index contributed by atoms with van der Waals surface area (Å²) in [5, 5.41) is 3.09. The Morgan fingerprint density at radius 3 is 2.70 bits per heavy atom. The molecule has 2 aromatic rings. The summed E-state index contributed by atoms with van der Waals surface area (Å²) in [6.07, 6.45) is 5.92. The maximum atomic E-state index is 12.7. The van der Waals surface area contributed by atoms with Crippen molar-refractivity contribution in [3.05, 3.63) is 65.2 Å². The number of aryl methyl sites for hydroxylation is 1. The number of para-hydroxylation sites is 1. The van der Waals surface area contributed by atoms with Crippen LogP contribution in [0.25, 0.3) is 0 Å². The van der Waals surface area contributed by atoms with Crippen LogP contribution >= 0.6 is 0 Å². The van der Waals surface area contributed by atoms with Gasteiger partial charge in [0.1, 0.15) is 5.75 Å². The summed E-state index contributed by atoms with van der Waals surface area (Å²) in [4.78, 5) is 15.2. The smallest absolute Gasteiger partial charge is 0.234 e. The summed E-state index contributed by atoms with van der Waals surface area (Å²) in [5.74, 6) is 0.911. The Morgan fingerprint density at radius 1 is 1.11 bits per heavy atom. The van der Waals surface area contributed by atoms with E-state index in [4.69, 9.17) is 4.74 Å². The zero-order valence-corrected chi connectivity index (χ0v) is 16.0. The summed E-state index contributed by atoms with van der Waals surface area (Å²) in [6.45, 7) is 0.974. The number of benzene rings is 2. The van der Waals surface area contributed by atoms with E-state index >= 15 is 0 Å². The molecule has 2 aliphatic rings. The van der Waals surface area contributed by atoms with Gasteiger partial charge in [0.15, 0.2) is 0 Å². The molecule has 1 saturated carbocycles. The number of rotatable bonds is 7. The number of fused-ring (bicyclic) bond motifs is 1. The fourth-order valence-electron chi connectivity index (χ4n) is 4.24. The molecular formula is C23H28N2O2. The Morgan fingerprint density at radius 2 is 1.89 bits per heavy atom. The van der Waals surface area contributed by atoms with E-state index in [-0.39, 0.29) is 5.91 Å². The van der Waals surface area contributed by atoms with E-state index in [2.05, 4.69) is 34.5 Å². The molecule has 1 unspecified atom stereocenters. The predicted octanol–water partition coefficient (Wildman–Crippen LogP) is 3.85. The van der Waals surface area contributed by atoms with E-state index in [1.165, 1.54) is 30.4 Å². The van der Waals surface area contributed by atoms with Gasteiger partial charge in [-0.1, -0.05) is 42.5 Å². The lowest BCUT2D eigenvalue weighted by molar-refractivity contribution is -0.123. The van der Waals surface area contributed by atoms with Crippen LogP contribution in [0.3, 0.4) is 0 Å². The highest BCUT2D eigenvalue weighted by Gasteiger charge is 2.37. The van der Waals surface area contributed by atoms with Crippen molar-refractivity contribution in [1.82, 2.24) is 10.2 Å². The zero-order valence-electron chi connectivity index (χ0n) is 16.0. The lowest BCUT2D eigenvalue weighted by Gasteiger charge is -2.35. The molecule has 142 valence electrons. The van der Waals surface area contributed by atoms with Gasteiger partial charge in [-0.05, 0) is 49.3 Å². The minimum absolute atomic E-state index is 0.0934. The number of amides is 1. The Bertz CT molecular complexity index is 800. The lowest BCUT2D eigenvalue weighted by Crippen LogP contribution is -2.41. The molecule has 1 amide bonds. The average Bonchev–Trinajstić information content (AvgIpc) is 3.55. The third kappa shape index (κ3) is 4.16. The number of nitrogens with one attached hydrogen (secondary N) is 1. The minimum Gasteiger partial charge on any atom is -0.496 e. The summed E-state index contributed by atoms with van der Waals surface area (Å²) in [7, 11) is 1.66. The SMILES string of the molecule is COc1ccccc1CNC(=O)CN(C1CC1)C1CCCc2ccccc21. The van der Waals surface area contributed by atoms with E-state index in [0.717, 1.165) is 24.2 Å². The highest BCUT2D eigenvalue weighted by Crippen LogP contribution is 2.40. The van der Waals surface area contributed by atoms with Crippen LogP contribution in [0, 0.1) is 0 Å². The summed E-state index contributed by atoms with van der Waals surface area (Å²) < 4.78 is 5.38. The molecule has 0 aliphatic heterocycles. The van der Waals surface area contributed by atoms with Gasteiger partial charge in [-0.25, -0.2) is 0 Å². The molecule has 0 aromatic heterocycles. The highest BCUT2D eigenvalue weighted by atomic mass is 16.5. The molecule has 4 rings (SSSR count). The van der Waals surface area contributed by atoms with Crippen molar-refractivity contribution in [2.24, 2.45) is 0 Å². The molecule has 0 spiro atoms. The van der Waals surface area contributed by atoms with Gasteiger partial charge in [-0.15, -0.1) is 0 Å². The molecule has 0 heterocycles. The van der Waals surface area contributed by atoms with Gasteiger partial charge in [0, 0.05) is 24.2 Å². The number of nitrogens with zero attached hydrogens (tertiary/aromatic N) is 1. The minimum atomic E-state index is 0.0934. The van der Waals surface area contributed by atoms with E-state index < -0.39 is 0 Å². The summed E-state index contributed by atoms with van der Waals surface area (Å²) in [5.41, 5.74) is 3.89. The first kappa shape index (κ1) is 18.1. The Kier molecular flexibility index (Phi) is 5.44. The van der Waals surface area contributed by atoms with Crippen LogP contribution in [0.4, 0.5) is 0 Å². The monoisotopic (exact) mass is 364 g/mol. The first-order valence-corrected chi connectivity index (χ1v) is 9.98. The Labute approximate surface area is 161 Å². The average molecular weight is 364 g/mol. The lowest BCUT2D eigenvalue weighted by atomic mass is 9.86. The van der Waals surface area contributed by atoms with Crippen molar-refractivity contribution in [3.63, 3.8) is 0 Å². The van der Waals surface area contributed by atoms with Crippen molar-refractivity contribution in [2.45, 2.75) is 50.7 Å². The molecule has 27 heavy (non-hydrogen) atoms. The fourth-order valence-corrected chi connectivity index (χ4v) is 4.24. The van der Waals surface area contributed by atoms with Gasteiger partial charge in [0.25, 0.3) is 0 Å². The van der Waals surface area contributed by atoms with Crippen LogP contribution in [0.2, 0.25) is 0 Å². The number of hydrogen-bond acceptors (Lipinski definition) is 3. The zero-order chi connectivity index (χ0) is 18.6. The van der Waals surface area contributed by atoms with E-state index in [0.29, 0.717) is 25.2 Å². The van der Waals surface area contributed by atoms with E-state index in [9.17, 15) is 4.79 Å². The van der Waals surface area contributed by atoms with Crippen LogP contribution in [-0.4, -0.2) is 30.5 Å². The largest absolute Gasteiger partial charge is 0.496 e. The molecule has 2 aliphatic carbocycles. The molecule has 1 N–H and O–H groups in total. The normalized spacial score (nSPS) is 18.8.